The largest absolute Gasteiger partial charge is 0.394 e. The SMILES string of the molecule is OCCOCCOCCOC1CCCCCCC1. The second kappa shape index (κ2) is 11.9. The molecular weight excluding hydrogens is 232 g/mol. The van der Waals surface area contributed by atoms with Crippen molar-refractivity contribution in [2.75, 3.05) is 39.6 Å². The summed E-state index contributed by atoms with van der Waals surface area (Å²) in [6.07, 6.45) is 9.58. The van der Waals surface area contributed by atoms with E-state index < -0.39 is 0 Å². The molecule has 4 heteroatoms. The Kier molecular flexibility index (Phi) is 10.5. The Morgan fingerprint density at radius 1 is 0.722 bits per heavy atom. The van der Waals surface area contributed by atoms with E-state index in [1.807, 2.05) is 0 Å². The molecule has 0 aromatic rings. The van der Waals surface area contributed by atoms with Crippen LogP contribution in [0.3, 0.4) is 0 Å². The molecule has 0 spiro atoms. The van der Waals surface area contributed by atoms with Crippen LogP contribution in [0.2, 0.25) is 0 Å². The van der Waals surface area contributed by atoms with Gasteiger partial charge in [0.05, 0.1) is 45.7 Å². The summed E-state index contributed by atoms with van der Waals surface area (Å²) in [7, 11) is 0. The Bertz CT molecular complexity index is 167. The second-order valence-electron chi connectivity index (χ2n) is 4.79. The van der Waals surface area contributed by atoms with Gasteiger partial charge in [-0.05, 0) is 12.8 Å². The van der Waals surface area contributed by atoms with Gasteiger partial charge in [0.25, 0.3) is 0 Å². The monoisotopic (exact) mass is 260 g/mol. The highest BCUT2D eigenvalue weighted by Gasteiger charge is 2.11. The second-order valence-corrected chi connectivity index (χ2v) is 4.79. The summed E-state index contributed by atoms with van der Waals surface area (Å²) in [4.78, 5) is 0. The molecule has 1 aliphatic rings. The van der Waals surface area contributed by atoms with Gasteiger partial charge >= 0.3 is 0 Å². The van der Waals surface area contributed by atoms with Crippen LogP contribution in [0.1, 0.15) is 44.9 Å². The molecule has 0 unspecified atom stereocenters. The lowest BCUT2D eigenvalue weighted by molar-refractivity contribution is -0.0209. The van der Waals surface area contributed by atoms with Crippen LogP contribution >= 0.6 is 0 Å². The zero-order valence-electron chi connectivity index (χ0n) is 11.4. The Hall–Kier alpha value is -0.160. The van der Waals surface area contributed by atoms with E-state index in [9.17, 15) is 0 Å². The molecule has 0 amide bonds. The predicted molar refractivity (Wildman–Crippen MR) is 70.8 cm³/mol. The Morgan fingerprint density at radius 3 is 1.94 bits per heavy atom. The molecule has 1 aliphatic carbocycles. The number of hydrogen-bond donors (Lipinski definition) is 1. The van der Waals surface area contributed by atoms with E-state index >= 15 is 0 Å². The molecule has 18 heavy (non-hydrogen) atoms. The van der Waals surface area contributed by atoms with Crippen LogP contribution in [0.15, 0.2) is 0 Å². The average molecular weight is 260 g/mol. The van der Waals surface area contributed by atoms with Gasteiger partial charge in [0.15, 0.2) is 0 Å². The predicted octanol–water partition coefficient (Wildman–Crippen LogP) is 2.14. The van der Waals surface area contributed by atoms with Crippen LogP contribution in [0.4, 0.5) is 0 Å². The highest BCUT2D eigenvalue weighted by atomic mass is 16.5. The normalized spacial score (nSPS) is 18.5. The van der Waals surface area contributed by atoms with Gasteiger partial charge in [0.1, 0.15) is 0 Å². The summed E-state index contributed by atoms with van der Waals surface area (Å²) in [6, 6.07) is 0. The first kappa shape index (κ1) is 15.9. The average Bonchev–Trinajstić information content (AvgIpc) is 2.34. The lowest BCUT2D eigenvalue weighted by Gasteiger charge is -2.20. The van der Waals surface area contributed by atoms with Crippen LogP contribution in [-0.4, -0.2) is 50.9 Å². The molecule has 1 fully saturated rings. The standard InChI is InChI=1S/C14H28O4/c15-8-9-16-10-11-17-12-13-18-14-6-4-2-1-3-5-7-14/h14-15H,1-13H2. The maximum absolute atomic E-state index is 8.51. The number of hydrogen-bond acceptors (Lipinski definition) is 4. The quantitative estimate of drug-likeness (QED) is 0.645. The van der Waals surface area contributed by atoms with Crippen molar-refractivity contribution in [1.29, 1.82) is 0 Å². The molecule has 4 nitrogen and oxygen atoms in total. The third-order valence-electron chi connectivity index (χ3n) is 3.24. The van der Waals surface area contributed by atoms with Crippen molar-refractivity contribution in [2.24, 2.45) is 0 Å². The Morgan fingerprint density at radius 2 is 1.28 bits per heavy atom. The maximum atomic E-state index is 8.51. The van der Waals surface area contributed by atoms with Gasteiger partial charge in [-0.2, -0.15) is 0 Å². The van der Waals surface area contributed by atoms with Crippen molar-refractivity contribution in [2.45, 2.75) is 51.0 Å². The third-order valence-corrected chi connectivity index (χ3v) is 3.24. The molecule has 0 radical (unpaired) electrons. The number of rotatable bonds is 9. The summed E-state index contributed by atoms with van der Waals surface area (Å²) in [6.45, 7) is 2.91. The molecule has 0 saturated heterocycles. The molecule has 0 heterocycles. The molecule has 108 valence electrons. The van der Waals surface area contributed by atoms with E-state index in [-0.39, 0.29) is 6.61 Å². The van der Waals surface area contributed by atoms with Crippen molar-refractivity contribution in [1.82, 2.24) is 0 Å². The molecule has 1 saturated carbocycles. The molecule has 0 atom stereocenters. The lowest BCUT2D eigenvalue weighted by atomic mass is 9.99. The number of aliphatic hydroxyl groups excluding tert-OH is 1. The van der Waals surface area contributed by atoms with Gasteiger partial charge in [-0.3, -0.25) is 0 Å². The zero-order chi connectivity index (χ0) is 12.9. The minimum Gasteiger partial charge on any atom is -0.394 e. The lowest BCUT2D eigenvalue weighted by Crippen LogP contribution is -2.18. The van der Waals surface area contributed by atoms with Gasteiger partial charge < -0.3 is 19.3 Å². The maximum Gasteiger partial charge on any atom is 0.0704 e. The van der Waals surface area contributed by atoms with Crippen LogP contribution in [0.25, 0.3) is 0 Å². The van der Waals surface area contributed by atoms with Crippen LogP contribution in [-0.2, 0) is 14.2 Å². The first-order valence-electron chi connectivity index (χ1n) is 7.31. The minimum absolute atomic E-state index is 0.0742. The first-order valence-corrected chi connectivity index (χ1v) is 7.31. The molecular formula is C14H28O4. The summed E-state index contributed by atoms with van der Waals surface area (Å²) in [5.41, 5.74) is 0. The Balaban J connectivity index is 1.86. The van der Waals surface area contributed by atoms with Gasteiger partial charge in [0, 0.05) is 0 Å². The van der Waals surface area contributed by atoms with E-state index in [4.69, 9.17) is 19.3 Å². The van der Waals surface area contributed by atoms with Crippen LogP contribution < -0.4 is 0 Å². The third kappa shape index (κ3) is 8.86. The molecule has 0 bridgehead atoms. The minimum atomic E-state index is 0.0742. The molecule has 0 aromatic carbocycles. The number of ether oxygens (including phenoxy) is 3. The fourth-order valence-corrected chi connectivity index (χ4v) is 2.25. The highest BCUT2D eigenvalue weighted by Crippen LogP contribution is 2.19. The molecule has 1 N–H and O–H groups in total. The van der Waals surface area contributed by atoms with Crippen molar-refractivity contribution >= 4 is 0 Å². The van der Waals surface area contributed by atoms with Crippen molar-refractivity contribution in [3.05, 3.63) is 0 Å². The summed E-state index contributed by atoms with van der Waals surface area (Å²) in [5.74, 6) is 0. The summed E-state index contributed by atoms with van der Waals surface area (Å²) in [5, 5.41) is 8.51. The molecule has 0 aliphatic heterocycles. The Labute approximate surface area is 111 Å². The van der Waals surface area contributed by atoms with E-state index in [0.29, 0.717) is 39.1 Å². The van der Waals surface area contributed by atoms with Crippen molar-refractivity contribution < 1.29 is 19.3 Å². The number of aliphatic hydroxyl groups is 1. The van der Waals surface area contributed by atoms with Gasteiger partial charge in [-0.25, -0.2) is 0 Å². The molecule has 1 rings (SSSR count). The van der Waals surface area contributed by atoms with E-state index in [2.05, 4.69) is 0 Å². The smallest absolute Gasteiger partial charge is 0.0704 e. The van der Waals surface area contributed by atoms with Crippen molar-refractivity contribution in [3.8, 4) is 0 Å². The zero-order valence-corrected chi connectivity index (χ0v) is 11.4. The topological polar surface area (TPSA) is 47.9 Å². The highest BCUT2D eigenvalue weighted by molar-refractivity contribution is 4.62. The molecule has 0 aromatic heterocycles. The summed E-state index contributed by atoms with van der Waals surface area (Å²) < 4.78 is 16.3. The summed E-state index contributed by atoms with van der Waals surface area (Å²) >= 11 is 0. The van der Waals surface area contributed by atoms with Gasteiger partial charge in [0.2, 0.25) is 0 Å². The van der Waals surface area contributed by atoms with Crippen molar-refractivity contribution in [3.63, 3.8) is 0 Å². The van der Waals surface area contributed by atoms with Gasteiger partial charge in [-0.15, -0.1) is 0 Å². The first-order chi connectivity index (χ1) is 8.93. The van der Waals surface area contributed by atoms with E-state index in [1.54, 1.807) is 0 Å². The van der Waals surface area contributed by atoms with Crippen LogP contribution in [0.5, 0.6) is 0 Å². The van der Waals surface area contributed by atoms with E-state index in [1.165, 1.54) is 44.9 Å². The van der Waals surface area contributed by atoms with E-state index in [0.717, 1.165) is 0 Å². The van der Waals surface area contributed by atoms with Gasteiger partial charge in [-0.1, -0.05) is 32.1 Å². The fourth-order valence-electron chi connectivity index (χ4n) is 2.25. The fraction of sp³-hybridized carbons (Fsp3) is 1.00. The van der Waals surface area contributed by atoms with Crippen LogP contribution in [0, 0.1) is 0 Å².